The summed E-state index contributed by atoms with van der Waals surface area (Å²) in [6, 6.07) is 0. The molecular weight excluding hydrogens is 400 g/mol. The fourth-order valence-electron chi connectivity index (χ4n) is 6.31. The van der Waals surface area contributed by atoms with E-state index in [2.05, 4.69) is 41.5 Å². The molecule has 3 aliphatic rings. The molecule has 0 saturated heterocycles. The van der Waals surface area contributed by atoms with E-state index in [1.54, 1.807) is 0 Å². The highest BCUT2D eigenvalue weighted by Gasteiger charge is 2.42. The van der Waals surface area contributed by atoms with E-state index >= 15 is 0 Å². The molecule has 32 heavy (non-hydrogen) atoms. The second kappa shape index (κ2) is 11.2. The third kappa shape index (κ3) is 6.17. The zero-order chi connectivity index (χ0) is 23.4. The molecule has 0 aromatic heterocycles. The third-order valence-electron chi connectivity index (χ3n) is 8.50. The lowest BCUT2D eigenvalue weighted by atomic mass is 9.75. The van der Waals surface area contributed by atoms with Crippen molar-refractivity contribution in [3.63, 3.8) is 0 Å². The van der Waals surface area contributed by atoms with Crippen molar-refractivity contribution < 1.29 is 19.1 Å². The maximum Gasteiger partial charge on any atom is 0.310 e. The van der Waals surface area contributed by atoms with E-state index in [1.165, 1.54) is 12.8 Å². The smallest absolute Gasteiger partial charge is 0.310 e. The second-order valence-electron chi connectivity index (χ2n) is 11.8. The topological polar surface area (TPSA) is 52.6 Å². The Balaban J connectivity index is 1.67. The van der Waals surface area contributed by atoms with Gasteiger partial charge < -0.3 is 9.47 Å². The number of rotatable bonds is 6. The number of hydrogen-bond donors (Lipinski definition) is 0. The van der Waals surface area contributed by atoms with Crippen LogP contribution in [0.2, 0.25) is 0 Å². The largest absolute Gasteiger partial charge is 0.462 e. The van der Waals surface area contributed by atoms with Crippen molar-refractivity contribution in [3.05, 3.63) is 12.2 Å². The molecular formula is C28H46O4. The van der Waals surface area contributed by atoms with Gasteiger partial charge in [0.2, 0.25) is 0 Å². The molecule has 6 unspecified atom stereocenters. The first-order chi connectivity index (χ1) is 15.2. The van der Waals surface area contributed by atoms with Crippen molar-refractivity contribution >= 4 is 11.9 Å². The first-order valence-electron chi connectivity index (χ1n) is 13.2. The Morgan fingerprint density at radius 1 is 0.688 bits per heavy atom. The van der Waals surface area contributed by atoms with Crippen LogP contribution in [0.3, 0.4) is 0 Å². The number of esters is 2. The minimum Gasteiger partial charge on any atom is -0.462 e. The highest BCUT2D eigenvalue weighted by molar-refractivity contribution is 5.83. The molecule has 2 fully saturated rings. The van der Waals surface area contributed by atoms with Crippen molar-refractivity contribution in [2.24, 2.45) is 47.3 Å². The normalized spacial score (nSPS) is 38.0. The van der Waals surface area contributed by atoms with E-state index in [9.17, 15) is 9.59 Å². The van der Waals surface area contributed by atoms with Crippen LogP contribution in [0, 0.1) is 47.3 Å². The standard InChI is InChI=1S/C28H46O4/c1-17(2)21-13-11-19(5)15-25(21)31-27(29)23-9-7-8-10-24(23)28(30)32-26-16-20(6)12-14-22(26)18(3)4/h7-8,17-26H,9-16H2,1-6H3/t19?,20?,21?,22?,23-,24-,25?,26?/m0/s1. The van der Waals surface area contributed by atoms with Crippen molar-refractivity contribution in [2.45, 2.75) is 105 Å². The van der Waals surface area contributed by atoms with Crippen molar-refractivity contribution in [2.75, 3.05) is 0 Å². The highest BCUT2D eigenvalue weighted by atomic mass is 16.6. The Kier molecular flexibility index (Phi) is 8.86. The lowest BCUT2D eigenvalue weighted by Gasteiger charge is -2.39. The summed E-state index contributed by atoms with van der Waals surface area (Å²) in [5.41, 5.74) is 0. The Labute approximate surface area is 195 Å². The van der Waals surface area contributed by atoms with E-state index in [1.807, 2.05) is 12.2 Å². The van der Waals surface area contributed by atoms with Crippen molar-refractivity contribution in [1.29, 1.82) is 0 Å². The molecule has 3 aliphatic carbocycles. The quantitative estimate of drug-likeness (QED) is 0.342. The van der Waals surface area contributed by atoms with E-state index in [4.69, 9.17) is 9.47 Å². The van der Waals surface area contributed by atoms with Gasteiger partial charge in [-0.15, -0.1) is 0 Å². The number of carbonyl (C=O) groups is 2. The molecule has 182 valence electrons. The predicted molar refractivity (Wildman–Crippen MR) is 128 cm³/mol. The van der Waals surface area contributed by atoms with Gasteiger partial charge >= 0.3 is 11.9 Å². The van der Waals surface area contributed by atoms with E-state index in [0.717, 1.165) is 25.7 Å². The van der Waals surface area contributed by atoms with Crippen LogP contribution in [0.5, 0.6) is 0 Å². The molecule has 0 spiro atoms. The monoisotopic (exact) mass is 446 g/mol. The minimum atomic E-state index is -0.420. The lowest BCUT2D eigenvalue weighted by Crippen LogP contribution is -2.42. The fraction of sp³-hybridized carbons (Fsp3) is 0.857. The van der Waals surface area contributed by atoms with Gasteiger partial charge in [0, 0.05) is 0 Å². The molecule has 4 nitrogen and oxygen atoms in total. The predicted octanol–water partition coefficient (Wildman–Crippen LogP) is 6.58. The lowest BCUT2D eigenvalue weighted by molar-refractivity contribution is -0.174. The molecule has 0 radical (unpaired) electrons. The summed E-state index contributed by atoms with van der Waals surface area (Å²) in [5.74, 6) is 1.74. The zero-order valence-corrected chi connectivity index (χ0v) is 21.2. The summed E-state index contributed by atoms with van der Waals surface area (Å²) >= 11 is 0. The number of allylic oxidation sites excluding steroid dienone is 2. The van der Waals surface area contributed by atoms with Crippen LogP contribution < -0.4 is 0 Å². The van der Waals surface area contributed by atoms with Gasteiger partial charge in [-0.1, -0.05) is 66.5 Å². The maximum atomic E-state index is 13.3. The highest BCUT2D eigenvalue weighted by Crippen LogP contribution is 2.39. The van der Waals surface area contributed by atoms with Crippen molar-refractivity contribution in [1.82, 2.24) is 0 Å². The van der Waals surface area contributed by atoms with Crippen LogP contribution in [-0.4, -0.2) is 24.1 Å². The zero-order valence-electron chi connectivity index (χ0n) is 21.2. The van der Waals surface area contributed by atoms with Gasteiger partial charge in [-0.3, -0.25) is 9.59 Å². The van der Waals surface area contributed by atoms with E-state index in [-0.39, 0.29) is 24.1 Å². The van der Waals surface area contributed by atoms with Crippen LogP contribution in [0.15, 0.2) is 12.2 Å². The Hall–Kier alpha value is -1.32. The molecule has 0 aromatic carbocycles. The van der Waals surface area contributed by atoms with Crippen molar-refractivity contribution in [3.8, 4) is 0 Å². The summed E-state index contributed by atoms with van der Waals surface area (Å²) in [6.07, 6.45) is 11.6. The molecule has 0 N–H and O–H groups in total. The Morgan fingerprint density at radius 3 is 1.41 bits per heavy atom. The molecule has 2 saturated carbocycles. The SMILES string of the molecule is CC1CCC(C(C)C)C(OC(=O)[C@H]2CC=CC[C@@H]2C(=O)OC2CC(C)CCC2C(C)C)C1. The average molecular weight is 447 g/mol. The number of hydrogen-bond acceptors (Lipinski definition) is 4. The van der Waals surface area contributed by atoms with Gasteiger partial charge in [-0.2, -0.15) is 0 Å². The molecule has 8 atom stereocenters. The molecule has 3 rings (SSSR count). The molecule has 0 heterocycles. The molecule has 0 aromatic rings. The molecule has 4 heteroatoms. The Morgan fingerprint density at radius 2 is 1.06 bits per heavy atom. The van der Waals surface area contributed by atoms with Gasteiger partial charge in [0.25, 0.3) is 0 Å². The first-order valence-corrected chi connectivity index (χ1v) is 13.2. The van der Waals surface area contributed by atoms with Crippen LogP contribution in [0.1, 0.15) is 92.9 Å². The summed E-state index contributed by atoms with van der Waals surface area (Å²) < 4.78 is 12.3. The van der Waals surface area contributed by atoms with Gasteiger partial charge in [0.05, 0.1) is 11.8 Å². The summed E-state index contributed by atoms with van der Waals surface area (Å²) in [5, 5.41) is 0. The molecule has 0 bridgehead atoms. The van der Waals surface area contributed by atoms with E-state index in [0.29, 0.717) is 48.3 Å². The minimum absolute atomic E-state index is 0.0293. The average Bonchev–Trinajstić information content (AvgIpc) is 2.73. The first kappa shape index (κ1) is 25.3. The van der Waals surface area contributed by atoms with Gasteiger partial charge in [-0.05, 0) is 74.0 Å². The maximum absolute atomic E-state index is 13.3. The summed E-state index contributed by atoms with van der Waals surface area (Å²) in [7, 11) is 0. The fourth-order valence-corrected chi connectivity index (χ4v) is 6.31. The number of carbonyl (C=O) groups excluding carboxylic acids is 2. The Bertz CT molecular complexity index is 610. The van der Waals surface area contributed by atoms with Crippen LogP contribution in [-0.2, 0) is 19.1 Å². The van der Waals surface area contributed by atoms with E-state index < -0.39 is 11.8 Å². The number of ether oxygens (including phenoxy) is 2. The molecule has 0 aliphatic heterocycles. The third-order valence-corrected chi connectivity index (χ3v) is 8.50. The van der Waals surface area contributed by atoms with Crippen LogP contribution in [0.4, 0.5) is 0 Å². The summed E-state index contributed by atoms with van der Waals surface area (Å²) in [6.45, 7) is 13.4. The van der Waals surface area contributed by atoms with Crippen LogP contribution in [0.25, 0.3) is 0 Å². The van der Waals surface area contributed by atoms with Gasteiger partial charge in [-0.25, -0.2) is 0 Å². The van der Waals surface area contributed by atoms with Crippen LogP contribution >= 0.6 is 0 Å². The van der Waals surface area contributed by atoms with Gasteiger partial charge in [0.15, 0.2) is 0 Å². The summed E-state index contributed by atoms with van der Waals surface area (Å²) in [4.78, 5) is 26.6. The van der Waals surface area contributed by atoms with Gasteiger partial charge in [0.1, 0.15) is 12.2 Å². The molecule has 0 amide bonds. The second-order valence-corrected chi connectivity index (χ2v) is 11.8.